The molecule has 74 valence electrons. The number of hydrogen-bond acceptors (Lipinski definition) is 4. The molecular weight excluding hydrogens is 206 g/mol. The lowest BCUT2D eigenvalue weighted by molar-refractivity contribution is -0.384. The predicted molar refractivity (Wildman–Crippen MR) is 55.1 cm³/mol. The van der Waals surface area contributed by atoms with Gasteiger partial charge in [0.1, 0.15) is 0 Å². The van der Waals surface area contributed by atoms with E-state index in [2.05, 4.69) is 4.98 Å². The maximum atomic E-state index is 10.5. The van der Waals surface area contributed by atoms with E-state index in [1.54, 1.807) is 12.2 Å². The molecule has 0 radical (unpaired) electrons. The molecule has 0 spiro atoms. The van der Waals surface area contributed by atoms with E-state index < -0.39 is 4.92 Å². The lowest BCUT2D eigenvalue weighted by Crippen LogP contribution is -1.98. The van der Waals surface area contributed by atoms with Crippen molar-refractivity contribution in [1.82, 2.24) is 4.98 Å². The van der Waals surface area contributed by atoms with Crippen LogP contribution < -0.4 is 5.73 Å². The van der Waals surface area contributed by atoms with Gasteiger partial charge in [-0.25, -0.2) is 4.98 Å². The summed E-state index contributed by atoms with van der Waals surface area (Å²) in [4.78, 5) is 13.6. The molecule has 1 heterocycles. The Balaban J connectivity index is 3.06. The summed E-state index contributed by atoms with van der Waals surface area (Å²) in [5.74, 6) is 0.260. The minimum absolute atomic E-state index is 0.0852. The van der Waals surface area contributed by atoms with Gasteiger partial charge in [0.15, 0.2) is 0 Å². The van der Waals surface area contributed by atoms with E-state index in [9.17, 15) is 10.1 Å². The third-order valence-corrected chi connectivity index (χ3v) is 1.69. The quantitative estimate of drug-likeness (QED) is 0.472. The summed E-state index contributed by atoms with van der Waals surface area (Å²) in [5.41, 5.74) is 5.73. The number of halogens is 1. The lowest BCUT2D eigenvalue weighted by atomic mass is 10.2. The Morgan fingerprint density at radius 3 is 3.00 bits per heavy atom. The number of hydrogen-bond donors (Lipinski definition) is 1. The van der Waals surface area contributed by atoms with Crippen molar-refractivity contribution in [2.75, 3.05) is 11.6 Å². The average Bonchev–Trinajstić information content (AvgIpc) is 2.16. The van der Waals surface area contributed by atoms with Crippen LogP contribution in [0.15, 0.2) is 18.3 Å². The molecule has 0 aromatic carbocycles. The Hall–Kier alpha value is -1.62. The smallest absolute Gasteiger partial charge is 0.311 e. The molecule has 2 N–H and O–H groups in total. The third kappa shape index (κ3) is 2.43. The number of allylic oxidation sites excluding steroid dienone is 1. The molecule has 1 rings (SSSR count). The van der Waals surface area contributed by atoms with Crippen LogP contribution in [0.25, 0.3) is 6.08 Å². The molecule has 0 fully saturated rings. The Kier molecular flexibility index (Phi) is 3.41. The number of anilines is 1. The molecule has 14 heavy (non-hydrogen) atoms. The van der Waals surface area contributed by atoms with Crippen molar-refractivity contribution in [1.29, 1.82) is 0 Å². The standard InChI is InChI=1S/C8H8ClN3O2/c9-3-1-2-6-4-7(12(13)14)8(10)11-5-6/h1-2,4-5H,3H2,(H2,10,11). The first-order chi connectivity index (χ1) is 6.65. The molecule has 1 aromatic heterocycles. The normalized spacial score (nSPS) is 10.6. The van der Waals surface area contributed by atoms with E-state index in [4.69, 9.17) is 17.3 Å². The second-order valence-electron chi connectivity index (χ2n) is 2.49. The van der Waals surface area contributed by atoms with Crippen molar-refractivity contribution >= 4 is 29.2 Å². The van der Waals surface area contributed by atoms with Gasteiger partial charge in [0.05, 0.1) is 4.92 Å². The van der Waals surface area contributed by atoms with Crippen LogP contribution in [0.3, 0.4) is 0 Å². The van der Waals surface area contributed by atoms with Crippen LogP contribution in [0.1, 0.15) is 5.56 Å². The number of nitrogens with zero attached hydrogens (tertiary/aromatic N) is 2. The van der Waals surface area contributed by atoms with Gasteiger partial charge in [-0.2, -0.15) is 0 Å². The topological polar surface area (TPSA) is 82.0 Å². The van der Waals surface area contributed by atoms with Crippen LogP contribution >= 0.6 is 11.6 Å². The van der Waals surface area contributed by atoms with Gasteiger partial charge in [-0.3, -0.25) is 10.1 Å². The SMILES string of the molecule is Nc1ncc(C=CCCl)cc1[N+](=O)[O-]. The summed E-state index contributed by atoms with van der Waals surface area (Å²) in [6.07, 6.45) is 4.76. The minimum atomic E-state index is -0.569. The first-order valence-electron chi connectivity index (χ1n) is 3.77. The van der Waals surface area contributed by atoms with Gasteiger partial charge in [-0.15, -0.1) is 11.6 Å². The summed E-state index contributed by atoms with van der Waals surface area (Å²) in [5, 5.41) is 10.5. The highest BCUT2D eigenvalue weighted by molar-refractivity contribution is 6.19. The minimum Gasteiger partial charge on any atom is -0.378 e. The molecule has 1 aromatic rings. The van der Waals surface area contributed by atoms with Gasteiger partial charge >= 0.3 is 5.69 Å². The number of nitro groups is 1. The Labute approximate surface area is 85.4 Å². The molecule has 6 heteroatoms. The molecule has 0 amide bonds. The number of rotatable bonds is 3. The van der Waals surface area contributed by atoms with Crippen molar-refractivity contribution < 1.29 is 4.92 Å². The fourth-order valence-electron chi connectivity index (χ4n) is 0.897. The van der Waals surface area contributed by atoms with Gasteiger partial charge in [0.25, 0.3) is 0 Å². The Morgan fingerprint density at radius 1 is 1.71 bits per heavy atom. The van der Waals surface area contributed by atoms with Crippen molar-refractivity contribution in [3.63, 3.8) is 0 Å². The van der Waals surface area contributed by atoms with Crippen LogP contribution in [-0.4, -0.2) is 15.8 Å². The fourth-order valence-corrected chi connectivity index (χ4v) is 0.986. The monoisotopic (exact) mass is 213 g/mol. The van der Waals surface area contributed by atoms with Crippen molar-refractivity contribution in [2.45, 2.75) is 0 Å². The average molecular weight is 214 g/mol. The number of aromatic nitrogens is 1. The van der Waals surface area contributed by atoms with Crippen LogP contribution in [0.4, 0.5) is 11.5 Å². The molecule has 0 aliphatic rings. The molecule has 0 saturated carbocycles. The first-order valence-corrected chi connectivity index (χ1v) is 4.31. The Morgan fingerprint density at radius 2 is 2.43 bits per heavy atom. The van der Waals surface area contributed by atoms with Crippen LogP contribution in [0.2, 0.25) is 0 Å². The second kappa shape index (κ2) is 4.57. The number of nitrogens with two attached hydrogens (primary N) is 1. The van der Waals surface area contributed by atoms with Crippen molar-refractivity contribution in [2.24, 2.45) is 0 Å². The van der Waals surface area contributed by atoms with E-state index in [1.807, 2.05) is 0 Å². The van der Waals surface area contributed by atoms with Gasteiger partial charge in [0.2, 0.25) is 5.82 Å². The van der Waals surface area contributed by atoms with Gasteiger partial charge in [-0.1, -0.05) is 12.2 Å². The molecule has 0 atom stereocenters. The molecule has 0 aliphatic carbocycles. The molecular formula is C8H8ClN3O2. The first kappa shape index (κ1) is 10.5. The lowest BCUT2D eigenvalue weighted by Gasteiger charge is -1.97. The van der Waals surface area contributed by atoms with E-state index >= 15 is 0 Å². The molecule has 0 bridgehead atoms. The molecule has 5 nitrogen and oxygen atoms in total. The number of alkyl halides is 1. The summed E-state index contributed by atoms with van der Waals surface area (Å²) in [6.45, 7) is 0. The highest BCUT2D eigenvalue weighted by Gasteiger charge is 2.11. The zero-order chi connectivity index (χ0) is 10.6. The zero-order valence-electron chi connectivity index (χ0n) is 7.18. The number of nitrogen functional groups attached to an aromatic ring is 1. The van der Waals surface area contributed by atoms with E-state index in [0.717, 1.165) is 0 Å². The fraction of sp³-hybridized carbons (Fsp3) is 0.125. The zero-order valence-corrected chi connectivity index (χ0v) is 7.94. The third-order valence-electron chi connectivity index (χ3n) is 1.51. The van der Waals surface area contributed by atoms with Crippen LogP contribution in [0, 0.1) is 10.1 Å². The molecule has 0 unspecified atom stereocenters. The highest BCUT2D eigenvalue weighted by Crippen LogP contribution is 2.19. The van der Waals surface area contributed by atoms with E-state index in [1.165, 1.54) is 12.3 Å². The van der Waals surface area contributed by atoms with Crippen LogP contribution in [0.5, 0.6) is 0 Å². The van der Waals surface area contributed by atoms with E-state index in [0.29, 0.717) is 11.4 Å². The summed E-state index contributed by atoms with van der Waals surface area (Å²) < 4.78 is 0. The largest absolute Gasteiger partial charge is 0.378 e. The maximum Gasteiger partial charge on any atom is 0.311 e. The van der Waals surface area contributed by atoms with Crippen molar-refractivity contribution in [3.05, 3.63) is 34.0 Å². The van der Waals surface area contributed by atoms with E-state index in [-0.39, 0.29) is 11.5 Å². The second-order valence-corrected chi connectivity index (χ2v) is 2.80. The van der Waals surface area contributed by atoms with Gasteiger partial charge in [-0.05, 0) is 5.56 Å². The molecule has 0 saturated heterocycles. The van der Waals surface area contributed by atoms with Gasteiger partial charge in [0, 0.05) is 18.1 Å². The summed E-state index contributed by atoms with van der Waals surface area (Å²) in [7, 11) is 0. The number of pyridine rings is 1. The highest BCUT2D eigenvalue weighted by atomic mass is 35.5. The van der Waals surface area contributed by atoms with Crippen molar-refractivity contribution in [3.8, 4) is 0 Å². The molecule has 0 aliphatic heterocycles. The van der Waals surface area contributed by atoms with Crippen LogP contribution in [-0.2, 0) is 0 Å². The summed E-state index contributed by atoms with van der Waals surface area (Å²) >= 11 is 5.42. The van der Waals surface area contributed by atoms with Gasteiger partial charge < -0.3 is 5.73 Å². The summed E-state index contributed by atoms with van der Waals surface area (Å²) in [6, 6.07) is 1.35. The predicted octanol–water partition coefficient (Wildman–Crippen LogP) is 1.82. The maximum absolute atomic E-state index is 10.5. The Bertz CT molecular complexity index is 379.